The Kier molecular flexibility index (Phi) is 4.35. The largest absolute Gasteiger partial charge is 0.352 e. The van der Waals surface area contributed by atoms with Gasteiger partial charge in [-0.3, -0.25) is 4.79 Å². The lowest BCUT2D eigenvalue weighted by molar-refractivity contribution is -0.120. The molecule has 4 heteroatoms. The maximum atomic E-state index is 11.7. The first-order valence-corrected chi connectivity index (χ1v) is 7.25. The van der Waals surface area contributed by atoms with E-state index in [0.29, 0.717) is 6.04 Å². The Morgan fingerprint density at radius 3 is 2.88 bits per heavy atom. The first-order valence-electron chi connectivity index (χ1n) is 5.82. The predicted octanol–water partition coefficient (Wildman–Crippen LogP) is 3.24. The van der Waals surface area contributed by atoms with Gasteiger partial charge in [0.2, 0.25) is 5.91 Å². The lowest BCUT2D eigenvalue weighted by Crippen LogP contribution is -2.32. The Balaban J connectivity index is 1.80. The topological polar surface area (TPSA) is 29.1 Å². The number of rotatable bonds is 5. The van der Waals surface area contributed by atoms with E-state index in [-0.39, 0.29) is 11.2 Å². The number of hydrogen-bond donors (Lipinski definition) is 1. The van der Waals surface area contributed by atoms with Crippen molar-refractivity contribution >= 4 is 29.3 Å². The molecule has 1 aliphatic rings. The summed E-state index contributed by atoms with van der Waals surface area (Å²) in [5.41, 5.74) is 1.09. The highest BCUT2D eigenvalue weighted by Crippen LogP contribution is 2.25. The van der Waals surface area contributed by atoms with Crippen LogP contribution in [0.3, 0.4) is 0 Å². The molecule has 17 heavy (non-hydrogen) atoms. The SMILES string of the molecule is C[C@@H](SCc1ccccc1Cl)C(=O)NC1CC1. The van der Waals surface area contributed by atoms with E-state index < -0.39 is 0 Å². The lowest BCUT2D eigenvalue weighted by atomic mass is 10.2. The van der Waals surface area contributed by atoms with Crippen molar-refractivity contribution in [2.24, 2.45) is 0 Å². The van der Waals surface area contributed by atoms with Crippen molar-refractivity contribution < 1.29 is 4.79 Å². The highest BCUT2D eigenvalue weighted by atomic mass is 35.5. The van der Waals surface area contributed by atoms with Gasteiger partial charge in [0.1, 0.15) is 0 Å². The molecule has 1 atom stereocenters. The molecule has 0 bridgehead atoms. The maximum absolute atomic E-state index is 11.7. The summed E-state index contributed by atoms with van der Waals surface area (Å²) in [6.45, 7) is 1.94. The summed E-state index contributed by atoms with van der Waals surface area (Å²) in [5, 5.41) is 3.76. The van der Waals surface area contributed by atoms with Crippen molar-refractivity contribution in [1.82, 2.24) is 5.32 Å². The number of benzene rings is 1. The third kappa shape index (κ3) is 3.93. The van der Waals surface area contributed by atoms with E-state index in [1.807, 2.05) is 31.2 Å². The molecule has 0 spiro atoms. The molecule has 1 fully saturated rings. The second kappa shape index (κ2) is 5.78. The van der Waals surface area contributed by atoms with Gasteiger partial charge >= 0.3 is 0 Å². The van der Waals surface area contributed by atoms with Crippen LogP contribution < -0.4 is 5.32 Å². The van der Waals surface area contributed by atoms with Crippen LogP contribution >= 0.6 is 23.4 Å². The molecular formula is C13H16ClNOS. The van der Waals surface area contributed by atoms with Gasteiger partial charge in [-0.05, 0) is 31.4 Å². The molecule has 2 rings (SSSR count). The molecule has 1 aliphatic carbocycles. The minimum atomic E-state index is -0.0214. The molecule has 92 valence electrons. The van der Waals surface area contributed by atoms with E-state index in [1.54, 1.807) is 11.8 Å². The highest BCUT2D eigenvalue weighted by Gasteiger charge is 2.25. The number of amides is 1. The summed E-state index contributed by atoms with van der Waals surface area (Å²) in [6.07, 6.45) is 2.27. The summed E-state index contributed by atoms with van der Waals surface area (Å²) < 4.78 is 0. The van der Waals surface area contributed by atoms with Crippen LogP contribution in [0.15, 0.2) is 24.3 Å². The first kappa shape index (κ1) is 12.8. The number of thioether (sulfide) groups is 1. The fraction of sp³-hybridized carbons (Fsp3) is 0.462. The number of halogens is 1. The molecule has 0 saturated heterocycles. The van der Waals surface area contributed by atoms with Crippen LogP contribution in [0.1, 0.15) is 25.3 Å². The molecule has 0 unspecified atom stereocenters. The predicted molar refractivity (Wildman–Crippen MR) is 73.4 cm³/mol. The van der Waals surface area contributed by atoms with Gasteiger partial charge in [0.05, 0.1) is 5.25 Å². The number of nitrogens with one attached hydrogen (secondary N) is 1. The monoisotopic (exact) mass is 269 g/mol. The van der Waals surface area contributed by atoms with Crippen LogP contribution in [0.25, 0.3) is 0 Å². The number of hydrogen-bond acceptors (Lipinski definition) is 2. The average molecular weight is 270 g/mol. The van der Waals surface area contributed by atoms with Crippen molar-refractivity contribution in [1.29, 1.82) is 0 Å². The van der Waals surface area contributed by atoms with Gasteiger partial charge in [0.15, 0.2) is 0 Å². The van der Waals surface area contributed by atoms with Gasteiger partial charge < -0.3 is 5.32 Å². The van der Waals surface area contributed by atoms with Gasteiger partial charge in [-0.25, -0.2) is 0 Å². The zero-order valence-electron chi connectivity index (χ0n) is 9.78. The minimum absolute atomic E-state index is 0.0214. The van der Waals surface area contributed by atoms with Crippen LogP contribution in [-0.2, 0) is 10.5 Å². The van der Waals surface area contributed by atoms with Crippen LogP contribution in [0.4, 0.5) is 0 Å². The van der Waals surface area contributed by atoms with Crippen LogP contribution in [0.2, 0.25) is 5.02 Å². The van der Waals surface area contributed by atoms with E-state index in [0.717, 1.165) is 29.2 Å². The zero-order valence-corrected chi connectivity index (χ0v) is 11.4. The Morgan fingerprint density at radius 1 is 1.53 bits per heavy atom. The summed E-state index contributed by atoms with van der Waals surface area (Å²) in [4.78, 5) is 11.7. The lowest BCUT2D eigenvalue weighted by Gasteiger charge is -2.11. The summed E-state index contributed by atoms with van der Waals surface area (Å²) >= 11 is 7.69. The van der Waals surface area contributed by atoms with E-state index in [4.69, 9.17) is 11.6 Å². The molecule has 0 radical (unpaired) electrons. The zero-order chi connectivity index (χ0) is 12.3. The summed E-state index contributed by atoms with van der Waals surface area (Å²) in [6, 6.07) is 8.20. The average Bonchev–Trinajstić information content (AvgIpc) is 3.11. The van der Waals surface area contributed by atoms with E-state index >= 15 is 0 Å². The number of carbonyl (C=O) groups is 1. The van der Waals surface area contributed by atoms with Crippen molar-refractivity contribution in [2.75, 3.05) is 0 Å². The van der Waals surface area contributed by atoms with Crippen LogP contribution in [-0.4, -0.2) is 17.2 Å². The van der Waals surface area contributed by atoms with Gasteiger partial charge in [0.25, 0.3) is 0 Å². The Bertz CT molecular complexity index is 406. The van der Waals surface area contributed by atoms with Crippen molar-refractivity contribution in [3.05, 3.63) is 34.9 Å². The van der Waals surface area contributed by atoms with Gasteiger partial charge in [-0.1, -0.05) is 29.8 Å². The van der Waals surface area contributed by atoms with Gasteiger partial charge in [-0.2, -0.15) is 0 Å². The fourth-order valence-electron chi connectivity index (χ4n) is 1.45. The maximum Gasteiger partial charge on any atom is 0.233 e. The molecule has 1 aromatic rings. The molecule has 1 aromatic carbocycles. The quantitative estimate of drug-likeness (QED) is 0.889. The van der Waals surface area contributed by atoms with E-state index in [2.05, 4.69) is 5.32 Å². The first-order chi connectivity index (χ1) is 8.16. The van der Waals surface area contributed by atoms with Gasteiger partial charge in [-0.15, -0.1) is 11.8 Å². The molecule has 0 aliphatic heterocycles. The minimum Gasteiger partial charge on any atom is -0.352 e. The Morgan fingerprint density at radius 2 is 2.24 bits per heavy atom. The fourth-order valence-corrected chi connectivity index (χ4v) is 2.63. The Labute approximate surface area is 111 Å². The number of carbonyl (C=O) groups excluding carboxylic acids is 1. The molecule has 1 amide bonds. The standard InChI is InChI=1S/C13H16ClNOS/c1-9(13(16)15-11-6-7-11)17-8-10-4-2-3-5-12(10)14/h2-5,9,11H,6-8H2,1H3,(H,15,16)/t9-/m1/s1. The molecule has 1 N–H and O–H groups in total. The van der Waals surface area contributed by atoms with Gasteiger partial charge in [0, 0.05) is 16.8 Å². The molecular weight excluding hydrogens is 254 g/mol. The van der Waals surface area contributed by atoms with E-state index in [9.17, 15) is 4.79 Å². The Hall–Kier alpha value is -0.670. The van der Waals surface area contributed by atoms with E-state index in [1.165, 1.54) is 0 Å². The van der Waals surface area contributed by atoms with Crippen LogP contribution in [0.5, 0.6) is 0 Å². The van der Waals surface area contributed by atoms with Crippen molar-refractivity contribution in [2.45, 2.75) is 36.8 Å². The molecule has 0 heterocycles. The van der Waals surface area contributed by atoms with Crippen molar-refractivity contribution in [3.63, 3.8) is 0 Å². The second-order valence-electron chi connectivity index (χ2n) is 4.33. The molecule has 0 aromatic heterocycles. The normalized spacial score (nSPS) is 16.6. The second-order valence-corrected chi connectivity index (χ2v) is 6.06. The highest BCUT2D eigenvalue weighted by molar-refractivity contribution is 7.99. The molecule has 2 nitrogen and oxygen atoms in total. The summed E-state index contributed by atoms with van der Waals surface area (Å²) in [7, 11) is 0. The molecule has 1 saturated carbocycles. The third-order valence-electron chi connectivity index (χ3n) is 2.74. The smallest absolute Gasteiger partial charge is 0.233 e. The summed E-state index contributed by atoms with van der Waals surface area (Å²) in [5.74, 6) is 0.920. The van der Waals surface area contributed by atoms with Crippen molar-refractivity contribution in [3.8, 4) is 0 Å². The third-order valence-corrected chi connectivity index (χ3v) is 4.30. The van der Waals surface area contributed by atoms with Crippen LogP contribution in [0, 0.1) is 0 Å².